The summed E-state index contributed by atoms with van der Waals surface area (Å²) < 4.78 is 31.5. The summed E-state index contributed by atoms with van der Waals surface area (Å²) in [5.74, 6) is -1.59. The number of carbonyl (C=O) groups excluding carboxylic acids is 1. The van der Waals surface area contributed by atoms with E-state index in [-0.39, 0.29) is 11.5 Å². The molecule has 0 fully saturated rings. The van der Waals surface area contributed by atoms with Gasteiger partial charge in [-0.2, -0.15) is 5.10 Å². The van der Waals surface area contributed by atoms with E-state index in [1.165, 1.54) is 19.1 Å². The lowest BCUT2D eigenvalue weighted by molar-refractivity contribution is -0.114. The minimum atomic E-state index is -0.684. The van der Waals surface area contributed by atoms with Crippen LogP contribution in [0.25, 0.3) is 39.1 Å². The lowest BCUT2D eigenvalue weighted by Gasteiger charge is -2.13. The van der Waals surface area contributed by atoms with E-state index in [1.54, 1.807) is 29.2 Å². The molecule has 0 spiro atoms. The summed E-state index contributed by atoms with van der Waals surface area (Å²) in [5.41, 5.74) is 5.27. The Morgan fingerprint density at radius 3 is 2.55 bits per heavy atom. The van der Waals surface area contributed by atoms with Gasteiger partial charge in [-0.15, -0.1) is 0 Å². The van der Waals surface area contributed by atoms with Crippen molar-refractivity contribution in [3.8, 4) is 28.1 Å². The van der Waals surface area contributed by atoms with Gasteiger partial charge < -0.3 is 5.32 Å². The van der Waals surface area contributed by atoms with Gasteiger partial charge in [0, 0.05) is 48.7 Å². The van der Waals surface area contributed by atoms with Crippen LogP contribution in [0.15, 0.2) is 73.2 Å². The van der Waals surface area contributed by atoms with E-state index in [2.05, 4.69) is 15.4 Å². The number of fused-ring (bicyclic) bond motifs is 1. The molecule has 6 nitrogen and oxygen atoms in total. The summed E-state index contributed by atoms with van der Waals surface area (Å²) in [7, 11) is 1.86. The fraction of sp³-hybridized carbons (Fsp3) is 0.0800. The second kappa shape index (κ2) is 7.98. The van der Waals surface area contributed by atoms with Gasteiger partial charge in [0.25, 0.3) is 0 Å². The van der Waals surface area contributed by atoms with Crippen molar-refractivity contribution in [1.29, 1.82) is 0 Å². The Hall–Kier alpha value is -4.33. The highest BCUT2D eigenvalue weighted by Crippen LogP contribution is 2.31. The molecule has 0 bridgehead atoms. The van der Waals surface area contributed by atoms with Gasteiger partial charge in [0.1, 0.15) is 18.0 Å². The standard InChI is InChI=1S/C25H19F2N5O/c1-15(33)29-19-9-17(21-5-4-18(26)12-22(21)27)10-20(13-19)32-14-28-24-11-16(3-6-25(24)32)23-7-8-31(2)30-23/h3-14H,1-2H3,(H,29,33). The number of aryl methyl sites for hydroxylation is 1. The van der Waals surface area contributed by atoms with Gasteiger partial charge in [-0.3, -0.25) is 14.0 Å². The van der Waals surface area contributed by atoms with Crippen molar-refractivity contribution in [2.45, 2.75) is 6.92 Å². The van der Waals surface area contributed by atoms with Gasteiger partial charge in [-0.25, -0.2) is 13.8 Å². The van der Waals surface area contributed by atoms with E-state index in [0.717, 1.165) is 28.4 Å². The molecule has 0 unspecified atom stereocenters. The second-order valence-corrected chi connectivity index (χ2v) is 7.77. The predicted molar refractivity (Wildman–Crippen MR) is 123 cm³/mol. The molecule has 2 heterocycles. The maximum atomic E-state index is 14.5. The summed E-state index contributed by atoms with van der Waals surface area (Å²) in [6, 6.07) is 16.4. The number of carbonyl (C=O) groups is 1. The summed E-state index contributed by atoms with van der Waals surface area (Å²) >= 11 is 0. The van der Waals surface area contributed by atoms with E-state index >= 15 is 0 Å². The van der Waals surface area contributed by atoms with Gasteiger partial charge in [0.05, 0.1) is 16.7 Å². The average molecular weight is 443 g/mol. The van der Waals surface area contributed by atoms with Crippen molar-refractivity contribution in [3.63, 3.8) is 0 Å². The van der Waals surface area contributed by atoms with Crippen LogP contribution in [0.5, 0.6) is 0 Å². The zero-order valence-corrected chi connectivity index (χ0v) is 17.9. The first-order chi connectivity index (χ1) is 15.9. The smallest absolute Gasteiger partial charge is 0.221 e. The first kappa shape index (κ1) is 20.6. The third-order valence-corrected chi connectivity index (χ3v) is 5.32. The summed E-state index contributed by atoms with van der Waals surface area (Å²) in [6.45, 7) is 1.40. The number of hydrogen-bond donors (Lipinski definition) is 1. The molecule has 8 heteroatoms. The van der Waals surface area contributed by atoms with E-state index in [1.807, 2.05) is 42.1 Å². The Bertz CT molecular complexity index is 1520. The largest absolute Gasteiger partial charge is 0.326 e. The van der Waals surface area contributed by atoms with Gasteiger partial charge in [0.15, 0.2) is 0 Å². The topological polar surface area (TPSA) is 64.7 Å². The lowest BCUT2D eigenvalue weighted by Crippen LogP contribution is -2.07. The lowest BCUT2D eigenvalue weighted by atomic mass is 10.0. The monoisotopic (exact) mass is 443 g/mol. The van der Waals surface area contributed by atoms with Crippen LogP contribution in [0.4, 0.5) is 14.5 Å². The first-order valence-electron chi connectivity index (χ1n) is 10.2. The Balaban J connectivity index is 1.64. The van der Waals surface area contributed by atoms with E-state index in [0.29, 0.717) is 16.9 Å². The van der Waals surface area contributed by atoms with Crippen LogP contribution in [0, 0.1) is 11.6 Å². The quantitative estimate of drug-likeness (QED) is 0.408. The SMILES string of the molecule is CC(=O)Nc1cc(-c2ccc(F)cc2F)cc(-n2cnc3cc(-c4ccn(C)n4)ccc32)c1. The van der Waals surface area contributed by atoms with Crippen molar-refractivity contribution >= 4 is 22.6 Å². The number of imidazole rings is 1. The van der Waals surface area contributed by atoms with E-state index in [4.69, 9.17) is 0 Å². The number of benzene rings is 3. The molecule has 0 aliphatic rings. The number of rotatable bonds is 4. The highest BCUT2D eigenvalue weighted by atomic mass is 19.1. The van der Waals surface area contributed by atoms with Gasteiger partial charge in [-0.05, 0) is 54.1 Å². The van der Waals surface area contributed by atoms with Crippen LogP contribution < -0.4 is 5.32 Å². The molecule has 0 saturated carbocycles. The molecule has 0 saturated heterocycles. The average Bonchev–Trinajstić information content (AvgIpc) is 3.38. The molecular formula is C25H19F2N5O. The molecule has 0 radical (unpaired) electrons. The number of hydrogen-bond acceptors (Lipinski definition) is 3. The molecule has 1 amide bonds. The maximum absolute atomic E-state index is 14.5. The van der Waals surface area contributed by atoms with Crippen LogP contribution in [0.3, 0.4) is 0 Å². The number of aromatic nitrogens is 4. The van der Waals surface area contributed by atoms with Crippen LogP contribution in [-0.2, 0) is 11.8 Å². The summed E-state index contributed by atoms with van der Waals surface area (Å²) in [6.07, 6.45) is 3.55. The molecule has 5 aromatic rings. The third kappa shape index (κ3) is 3.98. The first-order valence-corrected chi connectivity index (χ1v) is 10.2. The molecule has 0 aliphatic heterocycles. The van der Waals surface area contributed by atoms with E-state index < -0.39 is 11.6 Å². The predicted octanol–water partition coefficient (Wildman–Crippen LogP) is 5.33. The second-order valence-electron chi connectivity index (χ2n) is 7.77. The Labute approximate surface area is 188 Å². The van der Waals surface area contributed by atoms with Crippen molar-refractivity contribution < 1.29 is 13.6 Å². The minimum Gasteiger partial charge on any atom is -0.326 e. The molecule has 1 N–H and O–H groups in total. The van der Waals surface area contributed by atoms with Crippen LogP contribution >= 0.6 is 0 Å². The Morgan fingerprint density at radius 2 is 1.82 bits per heavy atom. The zero-order chi connectivity index (χ0) is 23.1. The van der Waals surface area contributed by atoms with E-state index in [9.17, 15) is 13.6 Å². The number of halogens is 2. The van der Waals surface area contributed by atoms with Gasteiger partial charge in [-0.1, -0.05) is 6.07 Å². The molecular weight excluding hydrogens is 424 g/mol. The third-order valence-electron chi connectivity index (χ3n) is 5.32. The number of nitrogens with zero attached hydrogens (tertiary/aromatic N) is 4. The van der Waals surface area contributed by atoms with Crippen LogP contribution in [-0.4, -0.2) is 25.2 Å². The van der Waals surface area contributed by atoms with Crippen molar-refractivity contribution in [2.75, 3.05) is 5.32 Å². The van der Waals surface area contributed by atoms with Crippen LogP contribution in [0.1, 0.15) is 6.92 Å². The summed E-state index contributed by atoms with van der Waals surface area (Å²) in [4.78, 5) is 16.2. The molecule has 3 aromatic carbocycles. The number of anilines is 1. The minimum absolute atomic E-state index is 0.228. The highest BCUT2D eigenvalue weighted by Gasteiger charge is 2.13. The van der Waals surface area contributed by atoms with Crippen LogP contribution in [0.2, 0.25) is 0 Å². The van der Waals surface area contributed by atoms with Crippen molar-refractivity contribution in [3.05, 3.63) is 84.8 Å². The fourth-order valence-electron chi connectivity index (χ4n) is 3.85. The molecule has 0 aliphatic carbocycles. The normalized spacial score (nSPS) is 11.2. The van der Waals surface area contributed by atoms with Crippen molar-refractivity contribution in [2.24, 2.45) is 7.05 Å². The van der Waals surface area contributed by atoms with Gasteiger partial charge in [0.2, 0.25) is 5.91 Å². The number of nitrogens with one attached hydrogen (secondary N) is 1. The van der Waals surface area contributed by atoms with Crippen molar-refractivity contribution in [1.82, 2.24) is 19.3 Å². The number of amides is 1. The molecule has 2 aromatic heterocycles. The maximum Gasteiger partial charge on any atom is 0.221 e. The Kier molecular flexibility index (Phi) is 4.97. The molecule has 5 rings (SSSR count). The Morgan fingerprint density at radius 1 is 0.970 bits per heavy atom. The molecule has 0 atom stereocenters. The molecule has 33 heavy (non-hydrogen) atoms. The fourth-order valence-corrected chi connectivity index (χ4v) is 3.85. The van der Waals surface area contributed by atoms with Gasteiger partial charge >= 0.3 is 0 Å². The summed E-state index contributed by atoms with van der Waals surface area (Å²) in [5, 5.41) is 7.18. The molecule has 164 valence electrons. The highest BCUT2D eigenvalue weighted by molar-refractivity contribution is 5.91. The zero-order valence-electron chi connectivity index (χ0n) is 17.9.